The number of rotatable bonds is 20. The van der Waals surface area contributed by atoms with Gasteiger partial charge in [-0.3, -0.25) is 19.2 Å². The maximum absolute atomic E-state index is 12.1. The number of hydrogen-bond acceptors (Lipinski definition) is 23. The number of ether oxygens (including phenoxy) is 4. The summed E-state index contributed by atoms with van der Waals surface area (Å²) in [5.41, 5.74) is 3.24. The third-order valence-corrected chi connectivity index (χ3v) is 14.8. The van der Waals surface area contributed by atoms with Crippen molar-refractivity contribution in [3.05, 3.63) is 231 Å². The van der Waals surface area contributed by atoms with Crippen molar-refractivity contribution in [2.75, 3.05) is 26.4 Å². The van der Waals surface area contributed by atoms with Gasteiger partial charge in [-0.05, 0) is 85.5 Å². The maximum atomic E-state index is 12.1. The average molecular weight is 1480 g/mol. The van der Waals surface area contributed by atoms with Crippen molar-refractivity contribution in [1.82, 2.24) is 83.6 Å². The maximum Gasteiger partial charge on any atom is 0.422 e. The van der Waals surface area contributed by atoms with E-state index in [1.165, 1.54) is 128 Å². The molecule has 0 bridgehead atoms. The van der Waals surface area contributed by atoms with E-state index in [2.05, 4.69) is 79.2 Å². The van der Waals surface area contributed by atoms with Crippen LogP contribution in [0.5, 0.6) is 24.0 Å². The van der Waals surface area contributed by atoms with Crippen LogP contribution in [0.1, 0.15) is 31.7 Å². The largest absolute Gasteiger partial charge is 0.464 e. The minimum atomic E-state index is -4.47. The first-order valence-corrected chi connectivity index (χ1v) is 31.1. The second kappa shape index (κ2) is 33.6. The molecule has 12 rings (SSSR count). The van der Waals surface area contributed by atoms with Crippen molar-refractivity contribution in [3.8, 4) is 69.1 Å². The summed E-state index contributed by atoms with van der Waals surface area (Å²) in [7, 11) is 1.87. The van der Waals surface area contributed by atoms with Crippen LogP contribution in [0.4, 0.5) is 52.7 Å². The van der Waals surface area contributed by atoms with Crippen molar-refractivity contribution in [1.29, 1.82) is 0 Å². The zero-order valence-corrected chi connectivity index (χ0v) is 54.9. The predicted molar refractivity (Wildman–Crippen MR) is 343 cm³/mol. The van der Waals surface area contributed by atoms with Gasteiger partial charge in [-0.1, -0.05) is 6.07 Å². The van der Waals surface area contributed by atoms with Crippen molar-refractivity contribution in [2.24, 2.45) is 7.05 Å². The van der Waals surface area contributed by atoms with E-state index in [0.717, 1.165) is 20.2 Å². The van der Waals surface area contributed by atoms with Crippen LogP contribution in [0.25, 0.3) is 45.0 Å². The smallest absolute Gasteiger partial charge is 0.422 e. The first-order chi connectivity index (χ1) is 48.8. The van der Waals surface area contributed by atoms with Crippen LogP contribution < -0.4 is 41.2 Å². The average Bonchev–Trinajstić information content (AvgIpc) is 1.57. The van der Waals surface area contributed by atoms with Gasteiger partial charge in [0.2, 0.25) is 0 Å². The molecular weight excluding hydrogens is 1430 g/mol. The van der Waals surface area contributed by atoms with E-state index in [9.17, 15) is 71.9 Å². The third kappa shape index (κ3) is 24.2. The van der Waals surface area contributed by atoms with E-state index in [1.807, 2.05) is 66.6 Å². The van der Waals surface area contributed by atoms with E-state index < -0.39 is 57.1 Å². The van der Waals surface area contributed by atoms with Gasteiger partial charge in [0.15, 0.2) is 26.4 Å². The molecule has 0 radical (unpaired) electrons. The number of furan rings is 1. The Bertz CT molecular complexity index is 4610. The zero-order chi connectivity index (χ0) is 74.1. The number of aromatic nitrogens is 17. The lowest BCUT2D eigenvalue weighted by Crippen LogP contribution is -2.22. The fourth-order valence-electron chi connectivity index (χ4n) is 8.36. The van der Waals surface area contributed by atoms with Gasteiger partial charge in [-0.15, -0.1) is 22.7 Å². The van der Waals surface area contributed by atoms with Crippen LogP contribution in [0.3, 0.4) is 0 Å². The second-order valence-corrected chi connectivity index (χ2v) is 23.7. The van der Waals surface area contributed by atoms with Gasteiger partial charge in [0.25, 0.3) is 22.2 Å². The van der Waals surface area contributed by atoms with Crippen molar-refractivity contribution in [2.45, 2.75) is 64.7 Å². The second-order valence-electron chi connectivity index (χ2n) is 21.3. The monoisotopic (exact) mass is 1480 g/mol. The molecule has 538 valence electrons. The fourth-order valence-corrected chi connectivity index (χ4v) is 9.91. The van der Waals surface area contributed by atoms with E-state index in [0.29, 0.717) is 76.2 Å². The lowest BCUT2D eigenvalue weighted by Gasteiger charge is -2.08. The molecule has 12 aromatic rings. The summed E-state index contributed by atoms with van der Waals surface area (Å²) in [6.45, 7) is -1.00. The molecule has 12 heterocycles. The van der Waals surface area contributed by atoms with E-state index >= 15 is 0 Å². The van der Waals surface area contributed by atoms with Crippen molar-refractivity contribution >= 4 is 22.7 Å². The molecule has 0 N–H and O–H groups in total. The normalized spacial score (nSPS) is 11.5. The number of halogens is 12. The van der Waals surface area contributed by atoms with Crippen LogP contribution in [-0.4, -0.2) is 135 Å². The molecule has 0 spiro atoms. The molecule has 0 atom stereocenters. The van der Waals surface area contributed by atoms with Crippen LogP contribution >= 0.6 is 22.7 Å². The third-order valence-electron chi connectivity index (χ3n) is 12.9. The summed E-state index contributed by atoms with van der Waals surface area (Å²) in [4.78, 5) is 80.8. The standard InChI is InChI=1S/C16H14F3N5O2.C16H13F3N4O3.C16H13F3N4O2S.C15H11F3N4O2S/c1-23-5-4-11(8-23)9-24-14(25)3-2-13(22-24)12-6-20-15(21-7-12)26-10-16(17,18)19;2*1-10-2-3-12(26-10)8-23-14(24)5-4-13(22-23)11-6-20-15(21-7-11)25-9-16(17,18)19;16-15(17,18)9-24-14-19-6-10(7-20-14)12-3-4-13(23)22(21-12)8-11-2-1-5-25-11/h2-8H,9-10H2,1H3;2*2-7H,8-9H2,1H3;1-7H,8-9H2. The molecular formula is C63H51F12N17O9S2. The van der Waals surface area contributed by atoms with Gasteiger partial charge in [0.1, 0.15) is 18.1 Å². The molecule has 0 aliphatic carbocycles. The first-order valence-electron chi connectivity index (χ1n) is 29.5. The number of nitrogens with zero attached hydrogens (tertiary/aromatic N) is 17. The predicted octanol–water partition coefficient (Wildman–Crippen LogP) is 10.4. The topological polar surface area (TPSA) is 298 Å². The Morgan fingerprint density at radius 1 is 0.408 bits per heavy atom. The quantitative estimate of drug-likeness (QED) is 0.0640. The Kier molecular flexibility index (Phi) is 24.5. The van der Waals surface area contributed by atoms with Gasteiger partial charge in [-0.25, -0.2) is 58.6 Å². The van der Waals surface area contributed by atoms with Crippen LogP contribution in [-0.2, 0) is 33.2 Å². The molecule has 0 amide bonds. The summed E-state index contributed by atoms with van der Waals surface area (Å²) in [5.74, 6) is 1.29. The molecule has 0 fully saturated rings. The van der Waals surface area contributed by atoms with Gasteiger partial charge < -0.3 is 27.9 Å². The molecule has 0 aliphatic rings. The van der Waals surface area contributed by atoms with Crippen molar-refractivity contribution < 1.29 is 76.0 Å². The number of aryl methyl sites for hydroxylation is 3. The molecule has 12 aromatic heterocycles. The molecule has 0 unspecified atom stereocenters. The molecule has 26 nitrogen and oxygen atoms in total. The fraction of sp³-hybridized carbons (Fsp3) is 0.238. The molecule has 0 saturated heterocycles. The highest BCUT2D eigenvalue weighted by Crippen LogP contribution is 2.24. The van der Waals surface area contributed by atoms with Crippen LogP contribution in [0, 0.1) is 13.8 Å². The zero-order valence-electron chi connectivity index (χ0n) is 53.3. The molecule has 0 aromatic carbocycles. The SMILES string of the molecule is Cc1ccc(Cn2nc(-c3cnc(OCC(F)(F)F)nc3)ccc2=O)o1.Cc1ccc(Cn2nc(-c3cnc(OCC(F)(F)F)nc3)ccc2=O)s1.Cn1ccc(Cn2nc(-c3cnc(OCC(F)(F)F)nc3)ccc2=O)c1.O=c1ccc(-c2cnc(OCC(F)(F)F)nc2)nn1Cc1cccs1. The van der Waals surface area contributed by atoms with E-state index in [1.54, 1.807) is 30.4 Å². The molecule has 0 saturated carbocycles. The Labute approximate surface area is 578 Å². The summed E-state index contributed by atoms with van der Waals surface area (Å²) in [6.07, 6.45) is -3.82. The minimum Gasteiger partial charge on any atom is -0.464 e. The Hall–Kier alpha value is -11.8. The lowest BCUT2D eigenvalue weighted by atomic mass is 10.2. The van der Waals surface area contributed by atoms with E-state index in [-0.39, 0.29) is 46.8 Å². The van der Waals surface area contributed by atoms with E-state index in [4.69, 9.17) is 4.42 Å². The van der Waals surface area contributed by atoms with Gasteiger partial charge >= 0.3 is 48.7 Å². The lowest BCUT2D eigenvalue weighted by molar-refractivity contribution is -0.155. The Morgan fingerprint density at radius 2 is 0.757 bits per heavy atom. The summed E-state index contributed by atoms with van der Waals surface area (Å²) >= 11 is 3.07. The molecule has 103 heavy (non-hydrogen) atoms. The van der Waals surface area contributed by atoms with Crippen LogP contribution in [0.15, 0.2) is 182 Å². The van der Waals surface area contributed by atoms with Crippen LogP contribution in [0.2, 0.25) is 0 Å². The summed E-state index contributed by atoms with van der Waals surface area (Å²) < 4.78 is 176. The number of alkyl halides is 12. The minimum absolute atomic E-state index is 0.147. The highest BCUT2D eigenvalue weighted by atomic mass is 32.1. The Balaban J connectivity index is 0.000000160. The Morgan fingerprint density at radius 3 is 1.05 bits per heavy atom. The molecule has 0 aliphatic heterocycles. The summed E-state index contributed by atoms with van der Waals surface area (Å²) in [6, 6.07) is 22.9. The highest BCUT2D eigenvalue weighted by molar-refractivity contribution is 7.11. The summed E-state index contributed by atoms with van der Waals surface area (Å²) in [5, 5.41) is 18.9. The molecule has 40 heteroatoms. The van der Waals surface area contributed by atoms with Gasteiger partial charge in [0.05, 0.1) is 42.4 Å². The number of hydrogen-bond donors (Lipinski definition) is 0. The van der Waals surface area contributed by atoms with Crippen molar-refractivity contribution in [3.63, 3.8) is 0 Å². The number of thiophene rings is 2. The first kappa shape index (κ1) is 75.4. The van der Waals surface area contributed by atoms with Gasteiger partial charge in [0, 0.05) is 130 Å². The highest BCUT2D eigenvalue weighted by Gasteiger charge is 2.32. The van der Waals surface area contributed by atoms with Gasteiger partial charge in [-0.2, -0.15) is 73.1 Å².